The summed E-state index contributed by atoms with van der Waals surface area (Å²) in [6.45, 7) is 1.39. The van der Waals surface area contributed by atoms with E-state index in [9.17, 15) is 13.2 Å². The number of benzene rings is 1. The van der Waals surface area contributed by atoms with Crippen LogP contribution < -0.4 is 4.72 Å². The Hall–Kier alpha value is -1.60. The van der Waals surface area contributed by atoms with Gasteiger partial charge in [0, 0.05) is 33.2 Å². The van der Waals surface area contributed by atoms with Gasteiger partial charge in [-0.15, -0.1) is 0 Å². The first-order chi connectivity index (χ1) is 11.3. The fourth-order valence-electron chi connectivity index (χ4n) is 3.76. The first kappa shape index (κ1) is 17.2. The molecule has 1 aliphatic heterocycles. The van der Waals surface area contributed by atoms with Gasteiger partial charge in [0.15, 0.2) is 0 Å². The Balaban J connectivity index is 1.65. The molecule has 2 amide bonds. The van der Waals surface area contributed by atoms with E-state index in [2.05, 4.69) is 4.72 Å². The third-order valence-electron chi connectivity index (χ3n) is 5.43. The molecule has 1 aromatic rings. The second-order valence-corrected chi connectivity index (χ2v) is 8.77. The van der Waals surface area contributed by atoms with Crippen molar-refractivity contribution in [2.24, 2.45) is 5.41 Å². The van der Waals surface area contributed by atoms with E-state index in [1.165, 1.54) is 0 Å². The SMILES string of the molecule is CN(C)C(=O)N1CCC2(CCC2NS(=O)(=O)c2ccccc2)CC1. The fraction of sp³-hybridized carbons (Fsp3) is 0.588. The van der Waals surface area contributed by atoms with Crippen molar-refractivity contribution in [3.8, 4) is 0 Å². The number of hydrogen-bond donors (Lipinski definition) is 1. The highest BCUT2D eigenvalue weighted by molar-refractivity contribution is 7.89. The first-order valence-electron chi connectivity index (χ1n) is 8.38. The van der Waals surface area contributed by atoms with Crippen LogP contribution in [0.5, 0.6) is 0 Å². The van der Waals surface area contributed by atoms with Crippen molar-refractivity contribution in [1.29, 1.82) is 0 Å². The van der Waals surface area contributed by atoms with Crippen LogP contribution in [0.25, 0.3) is 0 Å². The molecule has 1 heterocycles. The fourth-order valence-corrected chi connectivity index (χ4v) is 5.15. The van der Waals surface area contributed by atoms with Crippen molar-refractivity contribution in [2.75, 3.05) is 27.2 Å². The highest BCUT2D eigenvalue weighted by Crippen LogP contribution is 2.49. The Kier molecular flexibility index (Phi) is 4.57. The monoisotopic (exact) mass is 351 g/mol. The molecular weight excluding hydrogens is 326 g/mol. The van der Waals surface area contributed by atoms with Gasteiger partial charge in [0.2, 0.25) is 10.0 Å². The van der Waals surface area contributed by atoms with E-state index in [-0.39, 0.29) is 17.5 Å². The van der Waals surface area contributed by atoms with Gasteiger partial charge in [-0.25, -0.2) is 17.9 Å². The summed E-state index contributed by atoms with van der Waals surface area (Å²) >= 11 is 0. The van der Waals surface area contributed by atoms with E-state index in [1.807, 2.05) is 4.90 Å². The molecule has 1 saturated heterocycles. The predicted molar refractivity (Wildman–Crippen MR) is 92.1 cm³/mol. The number of hydrogen-bond acceptors (Lipinski definition) is 3. The molecule has 1 aromatic carbocycles. The molecule has 6 nitrogen and oxygen atoms in total. The molecule has 1 aliphatic carbocycles. The van der Waals surface area contributed by atoms with Crippen LogP contribution in [-0.4, -0.2) is 57.5 Å². The van der Waals surface area contributed by atoms with E-state index in [0.29, 0.717) is 18.0 Å². The topological polar surface area (TPSA) is 69.7 Å². The van der Waals surface area contributed by atoms with E-state index < -0.39 is 10.0 Å². The Bertz CT molecular complexity index is 695. The molecule has 0 aromatic heterocycles. The number of urea groups is 1. The lowest BCUT2D eigenvalue weighted by molar-refractivity contribution is 0.0108. The number of carbonyl (C=O) groups is 1. The van der Waals surface area contributed by atoms with E-state index >= 15 is 0 Å². The standard InChI is InChI=1S/C17H25N3O3S/c1-19(2)16(21)20-12-10-17(11-13-20)9-8-15(17)18-24(22,23)14-6-4-3-5-7-14/h3-7,15,18H,8-13H2,1-2H3. The quantitative estimate of drug-likeness (QED) is 0.904. The molecule has 1 atom stereocenters. The number of rotatable bonds is 3. The van der Waals surface area contributed by atoms with Gasteiger partial charge in [0.25, 0.3) is 0 Å². The maximum Gasteiger partial charge on any atom is 0.319 e. The number of carbonyl (C=O) groups excluding carboxylic acids is 1. The van der Waals surface area contributed by atoms with Gasteiger partial charge in [-0.1, -0.05) is 18.2 Å². The lowest BCUT2D eigenvalue weighted by atomic mass is 9.60. The van der Waals surface area contributed by atoms with Crippen molar-refractivity contribution in [1.82, 2.24) is 14.5 Å². The summed E-state index contributed by atoms with van der Waals surface area (Å²) in [6.07, 6.45) is 3.61. The van der Waals surface area contributed by atoms with Crippen LogP contribution in [0.2, 0.25) is 0 Å². The van der Waals surface area contributed by atoms with Crippen LogP contribution in [-0.2, 0) is 10.0 Å². The normalized spacial score (nSPS) is 22.9. The van der Waals surface area contributed by atoms with Gasteiger partial charge in [-0.05, 0) is 43.2 Å². The Morgan fingerprint density at radius 2 is 1.79 bits per heavy atom. The molecule has 0 radical (unpaired) electrons. The number of nitrogens with one attached hydrogen (secondary N) is 1. The zero-order valence-corrected chi connectivity index (χ0v) is 15.1. The summed E-state index contributed by atoms with van der Waals surface area (Å²) in [5.74, 6) is 0. The van der Waals surface area contributed by atoms with E-state index in [1.54, 1.807) is 49.3 Å². The van der Waals surface area contributed by atoms with Crippen LogP contribution >= 0.6 is 0 Å². The molecule has 7 heteroatoms. The summed E-state index contributed by atoms with van der Waals surface area (Å²) in [6, 6.07) is 8.51. The van der Waals surface area contributed by atoms with Gasteiger partial charge >= 0.3 is 6.03 Å². The van der Waals surface area contributed by atoms with E-state index in [0.717, 1.165) is 25.7 Å². The Morgan fingerprint density at radius 1 is 1.17 bits per heavy atom. The summed E-state index contributed by atoms with van der Waals surface area (Å²) in [4.78, 5) is 15.8. The Morgan fingerprint density at radius 3 is 2.29 bits per heavy atom. The molecule has 2 fully saturated rings. The van der Waals surface area contributed by atoms with Crippen molar-refractivity contribution >= 4 is 16.1 Å². The molecule has 1 spiro atoms. The number of piperidine rings is 1. The second kappa shape index (κ2) is 6.37. The summed E-state index contributed by atoms with van der Waals surface area (Å²) in [5, 5.41) is 0. The van der Waals surface area contributed by atoms with Crippen molar-refractivity contribution < 1.29 is 13.2 Å². The van der Waals surface area contributed by atoms with Crippen molar-refractivity contribution in [2.45, 2.75) is 36.6 Å². The first-order valence-corrected chi connectivity index (χ1v) is 9.86. The zero-order valence-electron chi connectivity index (χ0n) is 14.2. The van der Waals surface area contributed by atoms with Crippen LogP contribution in [0.4, 0.5) is 4.79 Å². The largest absolute Gasteiger partial charge is 0.331 e. The van der Waals surface area contributed by atoms with Crippen LogP contribution in [0.3, 0.4) is 0 Å². The highest BCUT2D eigenvalue weighted by atomic mass is 32.2. The molecule has 0 bridgehead atoms. The molecular formula is C17H25N3O3S. The molecule has 3 rings (SSSR count). The van der Waals surface area contributed by atoms with Crippen LogP contribution in [0.15, 0.2) is 35.2 Å². The van der Waals surface area contributed by atoms with Crippen LogP contribution in [0.1, 0.15) is 25.7 Å². The minimum atomic E-state index is -3.48. The minimum absolute atomic E-state index is 0.00490. The average molecular weight is 351 g/mol. The predicted octanol–water partition coefficient (Wildman–Crippen LogP) is 1.89. The second-order valence-electron chi connectivity index (χ2n) is 7.05. The maximum absolute atomic E-state index is 12.5. The molecule has 1 unspecified atom stereocenters. The molecule has 24 heavy (non-hydrogen) atoms. The summed E-state index contributed by atoms with van der Waals surface area (Å²) in [5.41, 5.74) is 0.00490. The average Bonchev–Trinajstić information content (AvgIpc) is 2.59. The third kappa shape index (κ3) is 3.15. The Labute approximate surface area is 143 Å². The molecule has 1 saturated carbocycles. The molecule has 2 aliphatic rings. The van der Waals surface area contributed by atoms with Gasteiger partial charge in [-0.2, -0.15) is 0 Å². The van der Waals surface area contributed by atoms with E-state index in [4.69, 9.17) is 0 Å². The lowest BCUT2D eigenvalue weighted by Gasteiger charge is -2.54. The third-order valence-corrected chi connectivity index (χ3v) is 6.92. The smallest absolute Gasteiger partial charge is 0.319 e. The lowest BCUT2D eigenvalue weighted by Crippen LogP contribution is -2.60. The van der Waals surface area contributed by atoms with Crippen molar-refractivity contribution in [3.05, 3.63) is 30.3 Å². The maximum atomic E-state index is 12.5. The summed E-state index contributed by atoms with van der Waals surface area (Å²) in [7, 11) is 0.0358. The minimum Gasteiger partial charge on any atom is -0.331 e. The number of likely N-dealkylation sites (tertiary alicyclic amines) is 1. The van der Waals surface area contributed by atoms with Gasteiger partial charge < -0.3 is 9.80 Å². The molecule has 132 valence electrons. The number of amides is 2. The highest BCUT2D eigenvalue weighted by Gasteiger charge is 2.50. The van der Waals surface area contributed by atoms with Gasteiger partial charge in [-0.3, -0.25) is 0 Å². The van der Waals surface area contributed by atoms with Crippen LogP contribution in [0, 0.1) is 5.41 Å². The van der Waals surface area contributed by atoms with Crippen molar-refractivity contribution in [3.63, 3.8) is 0 Å². The summed E-state index contributed by atoms with van der Waals surface area (Å²) < 4.78 is 28.0. The zero-order chi connectivity index (χ0) is 17.4. The number of nitrogens with zero attached hydrogens (tertiary/aromatic N) is 2. The molecule has 1 N–H and O–H groups in total. The van der Waals surface area contributed by atoms with Gasteiger partial charge in [0.1, 0.15) is 0 Å². The van der Waals surface area contributed by atoms with Gasteiger partial charge in [0.05, 0.1) is 4.90 Å². The number of sulfonamides is 1.